The van der Waals surface area contributed by atoms with Crippen molar-refractivity contribution < 1.29 is 18.3 Å². The summed E-state index contributed by atoms with van der Waals surface area (Å²) in [7, 11) is 13.4. The van der Waals surface area contributed by atoms with Gasteiger partial charge in [0.1, 0.15) is 0 Å². The van der Waals surface area contributed by atoms with Crippen molar-refractivity contribution in [1.29, 1.82) is 0 Å². The van der Waals surface area contributed by atoms with E-state index in [1.807, 2.05) is 59.4 Å². The van der Waals surface area contributed by atoms with Crippen LogP contribution in [-0.2, 0) is 13.5 Å². The van der Waals surface area contributed by atoms with Gasteiger partial charge in [0.2, 0.25) is 0 Å². The molecule has 216 valence electrons. The van der Waals surface area contributed by atoms with E-state index in [1.165, 1.54) is 17.0 Å². The fourth-order valence-corrected chi connectivity index (χ4v) is 14.0. The molecule has 0 radical (unpaired) electrons. The molecule has 3 fully saturated rings. The number of halogens is 2. The second-order valence-corrected chi connectivity index (χ2v) is 20.6. The van der Waals surface area contributed by atoms with Crippen LogP contribution < -0.4 is 4.74 Å². The number of rotatable bonds is 7. The number of para-hydroxylation sites is 1. The Kier molecular flexibility index (Phi) is 14.0. The van der Waals surface area contributed by atoms with Crippen LogP contribution in [0.5, 0.6) is 5.75 Å². The third kappa shape index (κ3) is 10.3. The van der Waals surface area contributed by atoms with Crippen LogP contribution in [0.25, 0.3) is 0 Å². The molecule has 3 aliphatic carbocycles. The van der Waals surface area contributed by atoms with Gasteiger partial charge in [-0.25, -0.2) is 0 Å². The summed E-state index contributed by atoms with van der Waals surface area (Å²) < 4.78 is 7.02. The van der Waals surface area contributed by atoms with Crippen LogP contribution in [-0.4, -0.2) is 34.9 Å². The van der Waals surface area contributed by atoms with Crippen molar-refractivity contribution in [3.63, 3.8) is 0 Å². The van der Waals surface area contributed by atoms with Crippen molar-refractivity contribution >= 4 is 43.8 Å². The molecule has 0 bridgehead atoms. The number of benzene rings is 2. The van der Waals surface area contributed by atoms with E-state index < -0.39 is 13.5 Å². The van der Waals surface area contributed by atoms with Gasteiger partial charge in [-0.15, -0.1) is 0 Å². The molecule has 0 aromatic heterocycles. The van der Waals surface area contributed by atoms with Gasteiger partial charge in [-0.3, -0.25) is 0 Å². The molecule has 2 aromatic rings. The molecule has 0 heterocycles. The van der Waals surface area contributed by atoms with Crippen molar-refractivity contribution in [1.82, 2.24) is 0 Å². The molecule has 3 aliphatic rings. The fourth-order valence-electron chi connectivity index (χ4n) is 6.92. The summed E-state index contributed by atoms with van der Waals surface area (Å²) in [6.45, 7) is 0. The van der Waals surface area contributed by atoms with Gasteiger partial charge in [-0.1, -0.05) is 19.3 Å². The van der Waals surface area contributed by atoms with Gasteiger partial charge < -0.3 is 0 Å². The van der Waals surface area contributed by atoms with Gasteiger partial charge in [0.15, 0.2) is 0 Å². The Hall–Kier alpha value is -0.587. The fraction of sp³-hybridized carbons (Fsp3) is 0.576. The van der Waals surface area contributed by atoms with Crippen molar-refractivity contribution in [2.45, 2.75) is 113 Å². The van der Waals surface area contributed by atoms with Crippen LogP contribution in [0, 0.1) is 0 Å². The molecule has 2 aromatic carbocycles. The van der Waals surface area contributed by atoms with E-state index >= 15 is 0 Å². The zero-order valence-electron chi connectivity index (χ0n) is 23.6. The minimum absolute atomic E-state index is 0.0465. The Bertz CT molecular complexity index is 995. The first kappa shape index (κ1) is 31.4. The number of hydrogen-bond donors (Lipinski definition) is 0. The van der Waals surface area contributed by atoms with Crippen molar-refractivity contribution in [3.8, 4) is 5.75 Å². The minimum atomic E-state index is -1.85. The van der Waals surface area contributed by atoms with E-state index in [-0.39, 0.29) is 7.92 Å². The van der Waals surface area contributed by atoms with E-state index in [0.29, 0.717) is 0 Å². The molecule has 0 atom stereocenters. The molecule has 2 nitrogen and oxygen atoms in total. The van der Waals surface area contributed by atoms with Crippen LogP contribution in [0.2, 0.25) is 0 Å². The molecule has 0 saturated heterocycles. The Balaban J connectivity index is 0.000000181. The third-order valence-corrected chi connectivity index (χ3v) is 15.2. The second kappa shape index (κ2) is 17.4. The van der Waals surface area contributed by atoms with Gasteiger partial charge in [0.05, 0.1) is 17.0 Å². The summed E-state index contributed by atoms with van der Waals surface area (Å²) in [5, 5.41) is 0. The number of methoxy groups -OCH3 is 1. The molecule has 0 amide bonds. The SMILES string of the molecule is C1CCC([PH+](C2CCCCC2)C2CCCCC2)CC1.COc1ccc(C=Nc2ccccc2[CH]=[Ru]([Cl])[Cl])cc1. The normalized spacial score (nSPS) is 19.9. The molecule has 0 N–H and O–H groups in total. The molecular formula is C33H47Cl2NOPRu+. The molecule has 0 unspecified atom stereocenters. The predicted molar refractivity (Wildman–Crippen MR) is 172 cm³/mol. The van der Waals surface area contributed by atoms with Gasteiger partial charge in [0.25, 0.3) is 0 Å². The Labute approximate surface area is 251 Å². The summed E-state index contributed by atoms with van der Waals surface area (Å²) >= 11 is -1.85. The predicted octanol–water partition coefficient (Wildman–Crippen LogP) is 10.7. The van der Waals surface area contributed by atoms with Gasteiger partial charge in [0, 0.05) is 7.92 Å². The van der Waals surface area contributed by atoms with Crippen molar-refractivity contribution in [2.24, 2.45) is 4.99 Å². The van der Waals surface area contributed by atoms with Crippen LogP contribution in [0.15, 0.2) is 53.5 Å². The average Bonchev–Trinajstić information content (AvgIpc) is 2.99. The summed E-state index contributed by atoms with van der Waals surface area (Å²) in [5.74, 6) is 0.828. The number of ether oxygens (including phenoxy) is 1. The average molecular weight is 677 g/mol. The zero-order valence-corrected chi connectivity index (χ0v) is 27.8. The van der Waals surface area contributed by atoms with E-state index in [1.54, 1.807) is 103 Å². The molecule has 3 saturated carbocycles. The van der Waals surface area contributed by atoms with Crippen LogP contribution >= 0.6 is 27.3 Å². The maximum atomic E-state index is 5.92. The molecular weight excluding hydrogens is 629 g/mol. The third-order valence-electron chi connectivity index (χ3n) is 8.82. The number of hydrogen-bond acceptors (Lipinski definition) is 2. The molecule has 6 heteroatoms. The topological polar surface area (TPSA) is 21.6 Å². The number of aliphatic imine (C=N–C) groups is 1. The standard InChI is InChI=1S/C18H33P.C15H13NO.2ClH.Ru/c1-4-10-16(11-5-1)19(17-12-6-2-7-13-17)18-14-8-3-9-15-18;1-12-5-3-4-6-15(12)16-11-13-7-9-14(17-2)10-8-13;;;/h16-18H,1-15H2;1,3-11H,2H3;2*1H;/q;;;;+2/p-1. The van der Waals surface area contributed by atoms with E-state index in [9.17, 15) is 0 Å². The first-order chi connectivity index (χ1) is 19.1. The summed E-state index contributed by atoms with van der Waals surface area (Å²) in [5.41, 5.74) is 6.52. The van der Waals surface area contributed by atoms with Crippen molar-refractivity contribution in [2.75, 3.05) is 7.11 Å². The number of nitrogens with zero attached hydrogens (tertiary/aromatic N) is 1. The monoisotopic (exact) mass is 676 g/mol. The Morgan fingerprint density at radius 1 is 0.718 bits per heavy atom. The second-order valence-electron chi connectivity index (χ2n) is 11.4. The van der Waals surface area contributed by atoms with E-state index in [2.05, 4.69) is 4.99 Å². The quantitative estimate of drug-likeness (QED) is 0.163. The first-order valence-electron chi connectivity index (χ1n) is 15.1. The van der Waals surface area contributed by atoms with Crippen LogP contribution in [0.3, 0.4) is 0 Å². The molecule has 39 heavy (non-hydrogen) atoms. The van der Waals surface area contributed by atoms with Gasteiger partial charge in [-0.05, 0) is 77.0 Å². The van der Waals surface area contributed by atoms with Crippen LogP contribution in [0.4, 0.5) is 5.69 Å². The molecule has 0 aliphatic heterocycles. The zero-order chi connectivity index (χ0) is 27.3. The molecule has 0 spiro atoms. The van der Waals surface area contributed by atoms with Gasteiger partial charge >= 0.3 is 132 Å². The van der Waals surface area contributed by atoms with E-state index in [4.69, 9.17) is 24.1 Å². The molecule has 5 rings (SSSR count). The summed E-state index contributed by atoms with van der Waals surface area (Å²) in [4.78, 5) is 4.49. The summed E-state index contributed by atoms with van der Waals surface area (Å²) in [6.07, 6.45) is 25.6. The first-order valence-corrected chi connectivity index (χ1v) is 22.3. The summed E-state index contributed by atoms with van der Waals surface area (Å²) in [6, 6.07) is 15.5. The Morgan fingerprint density at radius 2 is 1.21 bits per heavy atom. The maximum absolute atomic E-state index is 5.92. The van der Waals surface area contributed by atoms with Crippen LogP contribution in [0.1, 0.15) is 107 Å². The Morgan fingerprint density at radius 3 is 1.67 bits per heavy atom. The van der Waals surface area contributed by atoms with Crippen molar-refractivity contribution in [3.05, 3.63) is 59.7 Å². The van der Waals surface area contributed by atoms with E-state index in [0.717, 1.165) is 22.6 Å². The van der Waals surface area contributed by atoms with Gasteiger partial charge in [-0.2, -0.15) is 0 Å².